The van der Waals surface area contributed by atoms with E-state index >= 15 is 0 Å². The zero-order valence-electron chi connectivity index (χ0n) is 10.7. The van der Waals surface area contributed by atoms with Crippen LogP contribution in [0.4, 0.5) is 0 Å². The van der Waals surface area contributed by atoms with E-state index in [9.17, 15) is 4.79 Å². The normalized spacial score (nSPS) is 13.8. The Kier molecular flexibility index (Phi) is 3.97. The molecule has 1 heterocycles. The average Bonchev–Trinajstić information content (AvgIpc) is 2.72. The van der Waals surface area contributed by atoms with Crippen LogP contribution < -0.4 is 4.74 Å². The van der Waals surface area contributed by atoms with Gasteiger partial charge in [-0.05, 0) is 30.3 Å². The fourth-order valence-electron chi connectivity index (χ4n) is 1.53. The first-order valence-electron chi connectivity index (χ1n) is 5.69. The van der Waals surface area contributed by atoms with E-state index in [0.29, 0.717) is 17.2 Å². The van der Waals surface area contributed by atoms with Gasteiger partial charge in [0, 0.05) is 17.8 Å². The van der Waals surface area contributed by atoms with Crippen molar-refractivity contribution in [2.75, 3.05) is 14.2 Å². The van der Waals surface area contributed by atoms with E-state index in [1.807, 2.05) is 0 Å². The number of amides is 1. The van der Waals surface area contributed by atoms with Gasteiger partial charge in [-0.2, -0.15) is 0 Å². The Labute approximate surface area is 111 Å². The van der Waals surface area contributed by atoms with Crippen molar-refractivity contribution in [2.24, 2.45) is 5.10 Å². The number of nitrogens with zero attached hydrogens (tertiary/aromatic N) is 2. The highest BCUT2D eigenvalue weighted by molar-refractivity contribution is 5.97. The number of benzene rings is 1. The van der Waals surface area contributed by atoms with Crippen molar-refractivity contribution in [1.29, 1.82) is 0 Å². The van der Waals surface area contributed by atoms with E-state index in [1.54, 1.807) is 55.8 Å². The Morgan fingerprint density at radius 3 is 2.47 bits per heavy atom. The molecule has 0 fully saturated rings. The maximum absolute atomic E-state index is 12.3. The van der Waals surface area contributed by atoms with E-state index in [-0.39, 0.29) is 5.91 Å². The molecular formula is C14H14N2O3. The topological polar surface area (TPSA) is 51.1 Å². The molecule has 0 unspecified atom stereocenters. The zero-order valence-corrected chi connectivity index (χ0v) is 10.7. The molecule has 2 rings (SSSR count). The van der Waals surface area contributed by atoms with Gasteiger partial charge in [0.05, 0.1) is 14.2 Å². The minimum absolute atomic E-state index is 0.239. The lowest BCUT2D eigenvalue weighted by atomic mass is 10.2. The number of rotatable bonds is 2. The Bertz CT molecular complexity index is 544. The van der Waals surface area contributed by atoms with Gasteiger partial charge in [-0.15, -0.1) is 5.10 Å². The summed E-state index contributed by atoms with van der Waals surface area (Å²) in [5.74, 6) is 0.828. The summed E-state index contributed by atoms with van der Waals surface area (Å²) in [7, 11) is 3.08. The van der Waals surface area contributed by atoms with Crippen LogP contribution in [0.2, 0.25) is 0 Å². The molecule has 0 N–H and O–H groups in total. The van der Waals surface area contributed by atoms with Gasteiger partial charge in [-0.1, -0.05) is 6.08 Å². The summed E-state index contributed by atoms with van der Waals surface area (Å²) in [6.07, 6.45) is 6.73. The molecule has 0 saturated heterocycles. The predicted molar refractivity (Wildman–Crippen MR) is 71.9 cm³/mol. The first-order chi connectivity index (χ1) is 9.24. The van der Waals surface area contributed by atoms with E-state index in [4.69, 9.17) is 9.47 Å². The maximum Gasteiger partial charge on any atom is 0.278 e. The van der Waals surface area contributed by atoms with Crippen LogP contribution in [0.5, 0.6) is 5.75 Å². The van der Waals surface area contributed by atoms with Crippen molar-refractivity contribution in [3.8, 4) is 5.75 Å². The molecule has 5 heteroatoms. The van der Waals surface area contributed by atoms with Gasteiger partial charge < -0.3 is 9.47 Å². The van der Waals surface area contributed by atoms with Gasteiger partial charge >= 0.3 is 0 Å². The van der Waals surface area contributed by atoms with Crippen molar-refractivity contribution in [2.45, 2.75) is 0 Å². The SMILES string of the molecule is COC1=NN(C(=O)c2ccc(OC)cc2)C=CC=C1. The molecule has 0 atom stereocenters. The summed E-state index contributed by atoms with van der Waals surface area (Å²) < 4.78 is 10.1. The van der Waals surface area contributed by atoms with Crippen molar-refractivity contribution in [3.05, 3.63) is 54.3 Å². The number of hydrogen-bond donors (Lipinski definition) is 0. The first-order valence-corrected chi connectivity index (χ1v) is 5.69. The van der Waals surface area contributed by atoms with Crippen molar-refractivity contribution >= 4 is 11.8 Å². The molecule has 1 amide bonds. The van der Waals surface area contributed by atoms with Gasteiger partial charge in [-0.25, -0.2) is 5.01 Å². The number of methoxy groups -OCH3 is 2. The quantitative estimate of drug-likeness (QED) is 0.817. The van der Waals surface area contributed by atoms with Crippen LogP contribution in [-0.2, 0) is 4.74 Å². The van der Waals surface area contributed by atoms with E-state index in [2.05, 4.69) is 5.10 Å². The highest BCUT2D eigenvalue weighted by Crippen LogP contribution is 2.14. The van der Waals surface area contributed by atoms with Gasteiger partial charge in [-0.3, -0.25) is 4.79 Å². The monoisotopic (exact) mass is 258 g/mol. The molecule has 5 nitrogen and oxygen atoms in total. The van der Waals surface area contributed by atoms with Crippen molar-refractivity contribution in [1.82, 2.24) is 5.01 Å². The second-order valence-corrected chi connectivity index (χ2v) is 3.72. The molecule has 98 valence electrons. The maximum atomic E-state index is 12.3. The smallest absolute Gasteiger partial charge is 0.278 e. The molecule has 0 aliphatic carbocycles. The molecule has 1 aromatic carbocycles. The lowest BCUT2D eigenvalue weighted by molar-refractivity contribution is 0.0822. The Balaban J connectivity index is 2.22. The van der Waals surface area contributed by atoms with Crippen LogP contribution in [0.3, 0.4) is 0 Å². The molecule has 1 aliphatic rings. The number of ether oxygens (including phenoxy) is 2. The standard InChI is InChI=1S/C14H14N2O3/c1-18-12-8-6-11(7-9-12)14(17)16-10-4-3-5-13(15-16)19-2/h3-10H,1-2H3. The first kappa shape index (κ1) is 12.9. The Morgan fingerprint density at radius 1 is 1.11 bits per heavy atom. The largest absolute Gasteiger partial charge is 0.497 e. The van der Waals surface area contributed by atoms with Crippen LogP contribution in [0.1, 0.15) is 10.4 Å². The highest BCUT2D eigenvalue weighted by Gasteiger charge is 2.14. The third kappa shape index (κ3) is 3.01. The molecule has 0 aromatic heterocycles. The molecule has 0 bridgehead atoms. The predicted octanol–water partition coefficient (Wildman–Crippen LogP) is 2.18. The van der Waals surface area contributed by atoms with Crippen LogP contribution >= 0.6 is 0 Å². The Hall–Kier alpha value is -2.56. The third-order valence-corrected chi connectivity index (χ3v) is 2.54. The average molecular weight is 258 g/mol. The van der Waals surface area contributed by atoms with Gasteiger partial charge in [0.15, 0.2) is 0 Å². The number of carbonyl (C=O) groups excluding carboxylic acids is 1. The van der Waals surface area contributed by atoms with Crippen molar-refractivity contribution < 1.29 is 14.3 Å². The summed E-state index contributed by atoms with van der Waals surface area (Å²) in [5, 5.41) is 5.32. The molecule has 0 saturated carbocycles. The molecule has 1 aliphatic heterocycles. The van der Waals surface area contributed by atoms with Crippen molar-refractivity contribution in [3.63, 3.8) is 0 Å². The summed E-state index contributed by atoms with van der Waals surface area (Å²) in [5.41, 5.74) is 0.520. The van der Waals surface area contributed by atoms with E-state index in [1.165, 1.54) is 12.1 Å². The van der Waals surface area contributed by atoms with Gasteiger partial charge in [0.1, 0.15) is 5.75 Å². The molecule has 0 spiro atoms. The van der Waals surface area contributed by atoms with E-state index < -0.39 is 0 Å². The summed E-state index contributed by atoms with van der Waals surface area (Å²) in [4.78, 5) is 12.3. The molecular weight excluding hydrogens is 244 g/mol. The second kappa shape index (κ2) is 5.86. The van der Waals surface area contributed by atoms with Crippen LogP contribution in [-0.4, -0.2) is 31.0 Å². The van der Waals surface area contributed by atoms with Gasteiger partial charge in [0.2, 0.25) is 5.90 Å². The molecule has 1 aromatic rings. The third-order valence-electron chi connectivity index (χ3n) is 2.54. The number of hydrogen-bond acceptors (Lipinski definition) is 4. The minimum atomic E-state index is -0.239. The second-order valence-electron chi connectivity index (χ2n) is 3.72. The minimum Gasteiger partial charge on any atom is -0.497 e. The highest BCUT2D eigenvalue weighted by atomic mass is 16.5. The van der Waals surface area contributed by atoms with E-state index in [0.717, 1.165) is 0 Å². The number of hydrazone groups is 1. The number of allylic oxidation sites excluding steroid dienone is 2. The van der Waals surface area contributed by atoms with Crippen LogP contribution in [0.25, 0.3) is 0 Å². The molecule has 0 radical (unpaired) electrons. The Morgan fingerprint density at radius 2 is 1.84 bits per heavy atom. The zero-order chi connectivity index (χ0) is 13.7. The molecule has 19 heavy (non-hydrogen) atoms. The van der Waals surface area contributed by atoms with Gasteiger partial charge in [0.25, 0.3) is 5.91 Å². The fraction of sp³-hybridized carbons (Fsp3) is 0.143. The summed E-state index contributed by atoms with van der Waals surface area (Å²) >= 11 is 0. The lowest BCUT2D eigenvalue weighted by Crippen LogP contribution is -2.21. The fourth-order valence-corrected chi connectivity index (χ4v) is 1.53. The van der Waals surface area contributed by atoms with Crippen LogP contribution in [0.15, 0.2) is 53.8 Å². The summed E-state index contributed by atoms with van der Waals surface area (Å²) in [6.45, 7) is 0. The lowest BCUT2D eigenvalue weighted by Gasteiger charge is -2.12. The summed E-state index contributed by atoms with van der Waals surface area (Å²) in [6, 6.07) is 6.84. The van der Waals surface area contributed by atoms with Crippen LogP contribution in [0, 0.1) is 0 Å². The number of carbonyl (C=O) groups is 1.